The van der Waals surface area contributed by atoms with Crippen molar-refractivity contribution in [2.24, 2.45) is 0 Å². The maximum absolute atomic E-state index is 5.97. The van der Waals surface area contributed by atoms with E-state index in [1.165, 1.54) is 0 Å². The Morgan fingerprint density at radius 2 is 1.95 bits per heavy atom. The van der Waals surface area contributed by atoms with Crippen molar-refractivity contribution in [3.05, 3.63) is 28.8 Å². The molecule has 2 rings (SSSR count). The molecule has 0 atom stereocenters. The van der Waals surface area contributed by atoms with Crippen LogP contribution in [0.2, 0.25) is 5.02 Å². The van der Waals surface area contributed by atoms with Crippen LogP contribution < -0.4 is 14.8 Å². The molecule has 0 bridgehead atoms. The van der Waals surface area contributed by atoms with Crippen molar-refractivity contribution >= 4 is 17.5 Å². The van der Waals surface area contributed by atoms with Crippen molar-refractivity contribution in [3.63, 3.8) is 0 Å². The Bertz CT molecular complexity index is 622. The average molecular weight is 309 g/mol. The topological polar surface area (TPSA) is 69.2 Å². The SMILES string of the molecule is CCCOc1nc(NC)nc(Oc2cc(Cl)ccc2C)n1. The first-order valence-corrected chi connectivity index (χ1v) is 7.00. The van der Waals surface area contributed by atoms with Crippen LogP contribution in [0.4, 0.5) is 5.95 Å². The number of nitrogens with zero attached hydrogens (tertiary/aromatic N) is 3. The molecule has 0 fully saturated rings. The second-order valence-corrected chi connectivity index (χ2v) is 4.77. The van der Waals surface area contributed by atoms with Crippen LogP contribution in [0.3, 0.4) is 0 Å². The molecule has 0 aliphatic heterocycles. The van der Waals surface area contributed by atoms with Gasteiger partial charge in [-0.25, -0.2) is 0 Å². The lowest BCUT2D eigenvalue weighted by Crippen LogP contribution is -2.06. The van der Waals surface area contributed by atoms with Crippen molar-refractivity contribution in [1.82, 2.24) is 15.0 Å². The number of anilines is 1. The fourth-order valence-corrected chi connectivity index (χ4v) is 1.70. The lowest BCUT2D eigenvalue weighted by atomic mass is 10.2. The number of rotatable bonds is 6. The number of hydrogen-bond acceptors (Lipinski definition) is 6. The second-order valence-electron chi connectivity index (χ2n) is 4.33. The summed E-state index contributed by atoms with van der Waals surface area (Å²) in [4.78, 5) is 12.4. The van der Waals surface area contributed by atoms with Crippen LogP contribution in [0.25, 0.3) is 0 Å². The molecule has 0 aliphatic rings. The highest BCUT2D eigenvalue weighted by molar-refractivity contribution is 6.30. The molecular weight excluding hydrogens is 292 g/mol. The maximum atomic E-state index is 5.97. The van der Waals surface area contributed by atoms with E-state index < -0.39 is 0 Å². The number of ether oxygens (including phenoxy) is 2. The quantitative estimate of drug-likeness (QED) is 0.881. The molecule has 1 heterocycles. The molecule has 0 unspecified atom stereocenters. The van der Waals surface area contributed by atoms with Crippen LogP contribution in [0.1, 0.15) is 18.9 Å². The van der Waals surface area contributed by atoms with Gasteiger partial charge in [0.15, 0.2) is 0 Å². The Hall–Kier alpha value is -2.08. The van der Waals surface area contributed by atoms with Gasteiger partial charge in [-0.1, -0.05) is 24.6 Å². The van der Waals surface area contributed by atoms with Crippen molar-refractivity contribution in [2.75, 3.05) is 19.0 Å². The summed E-state index contributed by atoms with van der Waals surface area (Å²) in [7, 11) is 1.72. The van der Waals surface area contributed by atoms with E-state index in [0.717, 1.165) is 12.0 Å². The fourth-order valence-electron chi connectivity index (χ4n) is 1.54. The van der Waals surface area contributed by atoms with Gasteiger partial charge in [0, 0.05) is 12.1 Å². The first-order chi connectivity index (χ1) is 10.1. The van der Waals surface area contributed by atoms with Gasteiger partial charge in [0.2, 0.25) is 5.95 Å². The second kappa shape index (κ2) is 7.08. The molecule has 21 heavy (non-hydrogen) atoms. The Morgan fingerprint density at radius 1 is 1.19 bits per heavy atom. The number of aryl methyl sites for hydroxylation is 1. The molecule has 1 aromatic heterocycles. The molecule has 0 saturated carbocycles. The van der Waals surface area contributed by atoms with E-state index in [-0.39, 0.29) is 12.0 Å². The predicted molar refractivity (Wildman–Crippen MR) is 81.4 cm³/mol. The van der Waals surface area contributed by atoms with E-state index in [1.54, 1.807) is 19.2 Å². The average Bonchev–Trinajstić information content (AvgIpc) is 2.48. The molecule has 0 radical (unpaired) electrons. The molecule has 0 aliphatic carbocycles. The van der Waals surface area contributed by atoms with Crippen molar-refractivity contribution in [1.29, 1.82) is 0 Å². The van der Waals surface area contributed by atoms with Gasteiger partial charge < -0.3 is 14.8 Å². The van der Waals surface area contributed by atoms with E-state index in [4.69, 9.17) is 21.1 Å². The Labute approximate surface area is 128 Å². The smallest absolute Gasteiger partial charge is 0.330 e. The molecule has 0 amide bonds. The Balaban J connectivity index is 2.27. The van der Waals surface area contributed by atoms with E-state index in [0.29, 0.717) is 23.3 Å². The standard InChI is InChI=1S/C14H17ClN4O2/c1-4-7-20-13-17-12(16-3)18-14(19-13)21-11-8-10(15)6-5-9(11)2/h5-6,8H,4,7H2,1-3H3,(H,16,17,18,19). The number of hydrogen-bond donors (Lipinski definition) is 1. The summed E-state index contributed by atoms with van der Waals surface area (Å²) < 4.78 is 11.1. The highest BCUT2D eigenvalue weighted by atomic mass is 35.5. The largest absolute Gasteiger partial charge is 0.463 e. The molecule has 1 N–H and O–H groups in total. The van der Waals surface area contributed by atoms with Crippen LogP contribution in [-0.2, 0) is 0 Å². The summed E-state index contributed by atoms with van der Waals surface area (Å²) in [6, 6.07) is 5.77. The lowest BCUT2D eigenvalue weighted by molar-refractivity contribution is 0.285. The van der Waals surface area contributed by atoms with Gasteiger partial charge in [-0.15, -0.1) is 4.98 Å². The molecule has 0 saturated heterocycles. The zero-order valence-electron chi connectivity index (χ0n) is 12.2. The number of aromatic nitrogens is 3. The van der Waals surface area contributed by atoms with E-state index >= 15 is 0 Å². The van der Waals surface area contributed by atoms with Crippen molar-refractivity contribution in [3.8, 4) is 17.8 Å². The summed E-state index contributed by atoms with van der Waals surface area (Å²) in [5.41, 5.74) is 0.932. The van der Waals surface area contributed by atoms with Crippen LogP contribution in [0.15, 0.2) is 18.2 Å². The molecule has 1 aromatic carbocycles. The van der Waals surface area contributed by atoms with Crippen LogP contribution in [0, 0.1) is 6.92 Å². The molecule has 6 nitrogen and oxygen atoms in total. The van der Waals surface area contributed by atoms with Crippen LogP contribution in [-0.4, -0.2) is 28.6 Å². The molecule has 2 aromatic rings. The first kappa shape index (κ1) is 15.3. The predicted octanol–water partition coefficient (Wildman–Crippen LogP) is 3.46. The maximum Gasteiger partial charge on any atom is 0.330 e. The number of nitrogens with one attached hydrogen (secondary N) is 1. The third-order valence-corrected chi connectivity index (χ3v) is 2.84. The lowest BCUT2D eigenvalue weighted by Gasteiger charge is -2.10. The van der Waals surface area contributed by atoms with Crippen LogP contribution in [0.5, 0.6) is 17.8 Å². The van der Waals surface area contributed by atoms with E-state index in [9.17, 15) is 0 Å². The molecule has 7 heteroatoms. The summed E-state index contributed by atoms with van der Waals surface area (Å²) in [6.07, 6.45) is 0.865. The third kappa shape index (κ3) is 4.19. The Morgan fingerprint density at radius 3 is 2.67 bits per heavy atom. The van der Waals surface area contributed by atoms with E-state index in [1.807, 2.05) is 19.9 Å². The van der Waals surface area contributed by atoms with Crippen LogP contribution >= 0.6 is 11.6 Å². The summed E-state index contributed by atoms with van der Waals surface area (Å²) in [6.45, 7) is 4.45. The van der Waals surface area contributed by atoms with Gasteiger partial charge in [-0.3, -0.25) is 0 Å². The van der Waals surface area contributed by atoms with Gasteiger partial charge in [0.1, 0.15) is 5.75 Å². The highest BCUT2D eigenvalue weighted by Gasteiger charge is 2.10. The number of halogens is 1. The summed E-state index contributed by atoms with van der Waals surface area (Å²) in [5, 5.41) is 3.43. The minimum absolute atomic E-state index is 0.158. The minimum atomic E-state index is 0.158. The molecule has 112 valence electrons. The monoisotopic (exact) mass is 308 g/mol. The van der Waals surface area contributed by atoms with Crippen molar-refractivity contribution in [2.45, 2.75) is 20.3 Å². The zero-order chi connectivity index (χ0) is 15.2. The Kier molecular flexibility index (Phi) is 5.16. The first-order valence-electron chi connectivity index (χ1n) is 6.63. The van der Waals surface area contributed by atoms with Gasteiger partial charge in [0.05, 0.1) is 6.61 Å². The van der Waals surface area contributed by atoms with Crippen molar-refractivity contribution < 1.29 is 9.47 Å². The van der Waals surface area contributed by atoms with Gasteiger partial charge in [0.25, 0.3) is 0 Å². The van der Waals surface area contributed by atoms with Gasteiger partial charge in [-0.05, 0) is 31.0 Å². The zero-order valence-corrected chi connectivity index (χ0v) is 12.9. The normalized spacial score (nSPS) is 10.3. The fraction of sp³-hybridized carbons (Fsp3) is 0.357. The van der Waals surface area contributed by atoms with Gasteiger partial charge in [-0.2, -0.15) is 9.97 Å². The van der Waals surface area contributed by atoms with Gasteiger partial charge >= 0.3 is 12.0 Å². The molecule has 0 spiro atoms. The summed E-state index contributed by atoms with van der Waals surface area (Å²) >= 11 is 5.97. The summed E-state index contributed by atoms with van der Waals surface area (Å²) in [5.74, 6) is 0.975. The minimum Gasteiger partial charge on any atom is -0.463 e. The molecular formula is C14H17ClN4O2. The highest BCUT2D eigenvalue weighted by Crippen LogP contribution is 2.27. The van der Waals surface area contributed by atoms with E-state index in [2.05, 4.69) is 20.3 Å². The number of benzene rings is 1. The third-order valence-electron chi connectivity index (χ3n) is 2.60.